The molecule has 18 heavy (non-hydrogen) atoms. The number of rotatable bonds is 4. The predicted molar refractivity (Wildman–Crippen MR) is 65.4 cm³/mol. The molecule has 1 aliphatic rings. The maximum atomic E-state index is 12.3. The largest absolute Gasteiger partial charge is 0.465 e. The number of esters is 1. The van der Waals surface area contributed by atoms with Crippen LogP contribution in [-0.4, -0.2) is 37.0 Å². The molecule has 1 rings (SSSR count). The summed E-state index contributed by atoms with van der Waals surface area (Å²) in [6.45, 7) is 1.93. The van der Waals surface area contributed by atoms with Crippen molar-refractivity contribution in [3.63, 3.8) is 0 Å². The van der Waals surface area contributed by atoms with Crippen molar-refractivity contribution in [1.29, 1.82) is 5.26 Å². The average Bonchev–Trinajstić information content (AvgIpc) is 2.38. The summed E-state index contributed by atoms with van der Waals surface area (Å²) >= 11 is 0. The van der Waals surface area contributed by atoms with Gasteiger partial charge in [-0.3, -0.25) is 9.59 Å². The normalized spacial score (nSPS) is 17.6. The van der Waals surface area contributed by atoms with Crippen molar-refractivity contribution in [2.24, 2.45) is 5.41 Å². The van der Waals surface area contributed by atoms with E-state index < -0.39 is 11.4 Å². The summed E-state index contributed by atoms with van der Waals surface area (Å²) in [5, 5.41) is 9.28. The molecule has 0 radical (unpaired) electrons. The molecule has 0 heterocycles. The molecule has 1 aliphatic carbocycles. The lowest BCUT2D eigenvalue weighted by atomic mass is 9.74. The van der Waals surface area contributed by atoms with Crippen LogP contribution < -0.4 is 0 Å². The second-order valence-corrected chi connectivity index (χ2v) is 4.72. The lowest BCUT2D eigenvalue weighted by molar-refractivity contribution is -0.151. The first-order valence-electron chi connectivity index (χ1n) is 6.38. The highest BCUT2D eigenvalue weighted by Gasteiger charge is 2.41. The number of ether oxygens (including phenoxy) is 1. The number of nitriles is 1. The molecule has 5 heteroatoms. The van der Waals surface area contributed by atoms with Crippen LogP contribution in [0.4, 0.5) is 0 Å². The average molecular weight is 252 g/mol. The Bertz CT molecular complexity index is 354. The first-order chi connectivity index (χ1) is 8.55. The molecule has 0 atom stereocenters. The Hall–Kier alpha value is -1.57. The van der Waals surface area contributed by atoms with Gasteiger partial charge in [0.15, 0.2) is 0 Å². The standard InChI is InChI=1S/C13H20N2O3/c1-3-18-11(16)9-15(2)12(17)13(10-14)7-5-4-6-8-13/h3-9H2,1-2H3. The van der Waals surface area contributed by atoms with E-state index in [1.54, 1.807) is 14.0 Å². The molecular weight excluding hydrogens is 232 g/mol. The first-order valence-corrected chi connectivity index (χ1v) is 6.38. The summed E-state index contributed by atoms with van der Waals surface area (Å²) < 4.78 is 4.80. The zero-order chi connectivity index (χ0) is 13.6. The molecule has 0 saturated heterocycles. The molecule has 5 nitrogen and oxygen atoms in total. The Morgan fingerprint density at radius 2 is 1.94 bits per heavy atom. The van der Waals surface area contributed by atoms with Gasteiger partial charge in [0.2, 0.25) is 5.91 Å². The Kier molecular flexibility index (Phi) is 5.14. The summed E-state index contributed by atoms with van der Waals surface area (Å²) in [4.78, 5) is 24.9. The van der Waals surface area contributed by atoms with Crippen molar-refractivity contribution in [2.75, 3.05) is 20.2 Å². The molecule has 1 amide bonds. The van der Waals surface area contributed by atoms with Crippen LogP contribution in [0.1, 0.15) is 39.0 Å². The van der Waals surface area contributed by atoms with Crippen LogP contribution in [0.5, 0.6) is 0 Å². The van der Waals surface area contributed by atoms with Crippen molar-refractivity contribution in [1.82, 2.24) is 4.90 Å². The van der Waals surface area contributed by atoms with Crippen LogP contribution >= 0.6 is 0 Å². The second-order valence-electron chi connectivity index (χ2n) is 4.72. The Balaban J connectivity index is 2.66. The van der Waals surface area contributed by atoms with E-state index in [0.29, 0.717) is 19.4 Å². The number of amides is 1. The summed E-state index contributed by atoms with van der Waals surface area (Å²) in [6, 6.07) is 2.16. The molecule has 0 aromatic carbocycles. The summed E-state index contributed by atoms with van der Waals surface area (Å²) in [5.41, 5.74) is -0.931. The third kappa shape index (κ3) is 3.22. The summed E-state index contributed by atoms with van der Waals surface area (Å²) in [5.74, 6) is -0.685. The van der Waals surface area contributed by atoms with Crippen molar-refractivity contribution in [3.8, 4) is 6.07 Å². The van der Waals surface area contributed by atoms with E-state index in [2.05, 4.69) is 6.07 Å². The van der Waals surface area contributed by atoms with Crippen LogP contribution in [0.3, 0.4) is 0 Å². The molecule has 0 bridgehead atoms. The van der Waals surface area contributed by atoms with Gasteiger partial charge in [0.05, 0.1) is 12.7 Å². The van der Waals surface area contributed by atoms with Gasteiger partial charge < -0.3 is 9.64 Å². The molecule has 0 N–H and O–H groups in total. The number of nitrogens with zero attached hydrogens (tertiary/aromatic N) is 2. The van der Waals surface area contributed by atoms with E-state index in [9.17, 15) is 14.9 Å². The van der Waals surface area contributed by atoms with E-state index in [0.717, 1.165) is 19.3 Å². The van der Waals surface area contributed by atoms with E-state index in [1.165, 1.54) is 4.90 Å². The smallest absolute Gasteiger partial charge is 0.325 e. The van der Waals surface area contributed by atoms with Crippen LogP contribution in [0.2, 0.25) is 0 Å². The maximum Gasteiger partial charge on any atom is 0.325 e. The molecule has 1 saturated carbocycles. The Morgan fingerprint density at radius 3 is 2.44 bits per heavy atom. The maximum absolute atomic E-state index is 12.3. The molecule has 0 aromatic heterocycles. The molecule has 0 aliphatic heterocycles. The van der Waals surface area contributed by atoms with Gasteiger partial charge in [-0.1, -0.05) is 19.3 Å². The van der Waals surface area contributed by atoms with Gasteiger partial charge in [0, 0.05) is 7.05 Å². The number of carbonyl (C=O) groups excluding carboxylic acids is 2. The van der Waals surface area contributed by atoms with Crippen molar-refractivity contribution in [3.05, 3.63) is 0 Å². The van der Waals surface area contributed by atoms with Gasteiger partial charge in [-0.15, -0.1) is 0 Å². The van der Waals surface area contributed by atoms with Crippen molar-refractivity contribution in [2.45, 2.75) is 39.0 Å². The van der Waals surface area contributed by atoms with Crippen molar-refractivity contribution < 1.29 is 14.3 Å². The number of carbonyl (C=O) groups is 2. The van der Waals surface area contributed by atoms with E-state index in [-0.39, 0.29) is 12.5 Å². The highest BCUT2D eigenvalue weighted by molar-refractivity contribution is 5.88. The number of likely N-dealkylation sites (N-methyl/N-ethyl adjacent to an activating group) is 1. The third-order valence-corrected chi connectivity index (χ3v) is 3.35. The Labute approximate surface area is 108 Å². The fourth-order valence-corrected chi connectivity index (χ4v) is 2.37. The predicted octanol–water partition coefficient (Wildman–Crippen LogP) is 1.48. The van der Waals surface area contributed by atoms with Crippen LogP contribution in [0.25, 0.3) is 0 Å². The zero-order valence-corrected chi connectivity index (χ0v) is 11.1. The van der Waals surface area contributed by atoms with Crippen molar-refractivity contribution >= 4 is 11.9 Å². The summed E-state index contributed by atoms with van der Waals surface area (Å²) in [7, 11) is 1.55. The fraction of sp³-hybridized carbons (Fsp3) is 0.769. The SMILES string of the molecule is CCOC(=O)CN(C)C(=O)C1(C#N)CCCCC1. The van der Waals surface area contributed by atoms with E-state index in [1.807, 2.05) is 0 Å². The lowest BCUT2D eigenvalue weighted by Crippen LogP contribution is -2.44. The molecule has 0 aromatic rings. The van der Waals surface area contributed by atoms with Crippen LogP contribution in [0, 0.1) is 16.7 Å². The van der Waals surface area contributed by atoms with Crippen LogP contribution in [0.15, 0.2) is 0 Å². The van der Waals surface area contributed by atoms with E-state index in [4.69, 9.17) is 4.74 Å². The highest BCUT2D eigenvalue weighted by Crippen LogP contribution is 2.37. The molecule has 0 spiro atoms. The monoisotopic (exact) mass is 252 g/mol. The van der Waals surface area contributed by atoms with E-state index >= 15 is 0 Å². The fourth-order valence-electron chi connectivity index (χ4n) is 2.37. The van der Waals surface area contributed by atoms with Gasteiger partial charge in [0.1, 0.15) is 12.0 Å². The first kappa shape index (κ1) is 14.5. The number of hydrogen-bond donors (Lipinski definition) is 0. The Morgan fingerprint density at radius 1 is 1.33 bits per heavy atom. The second kappa shape index (κ2) is 6.39. The zero-order valence-electron chi connectivity index (χ0n) is 11.1. The van der Waals surface area contributed by atoms with Crippen LogP contribution in [-0.2, 0) is 14.3 Å². The minimum atomic E-state index is -0.931. The molecule has 1 fully saturated rings. The number of hydrogen-bond acceptors (Lipinski definition) is 4. The quantitative estimate of drug-likeness (QED) is 0.711. The lowest BCUT2D eigenvalue weighted by Gasteiger charge is -2.32. The highest BCUT2D eigenvalue weighted by atomic mass is 16.5. The van der Waals surface area contributed by atoms with Gasteiger partial charge in [0.25, 0.3) is 0 Å². The van der Waals surface area contributed by atoms with Gasteiger partial charge in [-0.05, 0) is 19.8 Å². The van der Waals surface area contributed by atoms with Gasteiger partial charge in [-0.25, -0.2) is 0 Å². The van der Waals surface area contributed by atoms with Gasteiger partial charge >= 0.3 is 5.97 Å². The molecule has 100 valence electrons. The molecule has 0 unspecified atom stereocenters. The minimum Gasteiger partial charge on any atom is -0.465 e. The minimum absolute atomic E-state index is 0.0872. The topological polar surface area (TPSA) is 70.4 Å². The van der Waals surface area contributed by atoms with Gasteiger partial charge in [-0.2, -0.15) is 5.26 Å². The molecular formula is C13H20N2O3. The third-order valence-electron chi connectivity index (χ3n) is 3.35. The summed E-state index contributed by atoms with van der Waals surface area (Å²) in [6.07, 6.45) is 4.04.